The van der Waals surface area contributed by atoms with Crippen LogP contribution < -0.4 is 5.73 Å². The molecule has 138 valence electrons. The van der Waals surface area contributed by atoms with E-state index in [1.807, 2.05) is 19.9 Å². The Morgan fingerprint density at radius 1 is 1.41 bits per heavy atom. The molecule has 0 radical (unpaired) electrons. The largest absolute Gasteiger partial charge is 0.458 e. The molecule has 3 aromatic rings. The number of terminal acetylenes is 1. The molecule has 0 saturated carbocycles. The molecule has 4 heterocycles. The smallest absolute Gasteiger partial charge is 0.255 e. The molecule has 0 aromatic carbocycles. The summed E-state index contributed by atoms with van der Waals surface area (Å²) >= 11 is 0. The monoisotopic (exact) mass is 365 g/mol. The van der Waals surface area contributed by atoms with Gasteiger partial charge in [0.05, 0.1) is 23.9 Å². The highest BCUT2D eigenvalue weighted by atomic mass is 16.5. The molecule has 0 aliphatic carbocycles. The molecule has 2 N–H and O–H groups in total. The van der Waals surface area contributed by atoms with E-state index in [2.05, 4.69) is 16.0 Å². The van der Waals surface area contributed by atoms with Crippen molar-refractivity contribution in [2.75, 3.05) is 18.8 Å². The molecule has 8 heteroatoms. The number of amides is 1. The molecule has 1 fully saturated rings. The summed E-state index contributed by atoms with van der Waals surface area (Å²) in [5.41, 5.74) is 7.36. The Morgan fingerprint density at radius 2 is 2.22 bits per heavy atom. The van der Waals surface area contributed by atoms with E-state index in [1.165, 1.54) is 4.52 Å². The number of nitrogens with two attached hydrogens (primary N) is 1. The molecule has 0 bridgehead atoms. The summed E-state index contributed by atoms with van der Waals surface area (Å²) in [6.45, 7) is 4.53. The van der Waals surface area contributed by atoms with Crippen molar-refractivity contribution in [2.45, 2.75) is 26.1 Å². The topological polar surface area (TPSA) is 98.9 Å². The van der Waals surface area contributed by atoms with E-state index in [0.717, 1.165) is 5.76 Å². The lowest BCUT2D eigenvalue weighted by Crippen LogP contribution is -2.48. The summed E-state index contributed by atoms with van der Waals surface area (Å²) < 4.78 is 12.7. The average Bonchev–Trinajstić information content (AvgIpc) is 3.26. The third kappa shape index (κ3) is 3.13. The van der Waals surface area contributed by atoms with Crippen LogP contribution in [0.3, 0.4) is 0 Å². The van der Waals surface area contributed by atoms with Crippen LogP contribution in [0.4, 0.5) is 5.69 Å². The maximum Gasteiger partial charge on any atom is 0.255 e. The Balaban J connectivity index is 1.68. The fraction of sp³-hybridized carbons (Fsp3) is 0.316. The summed E-state index contributed by atoms with van der Waals surface area (Å²) in [5, 5.41) is 4.40. The zero-order chi connectivity index (χ0) is 19.1. The first-order valence-corrected chi connectivity index (χ1v) is 8.58. The first-order chi connectivity index (χ1) is 12.9. The normalized spacial score (nSPS) is 20.0. The van der Waals surface area contributed by atoms with E-state index < -0.39 is 6.10 Å². The second-order valence-electron chi connectivity index (χ2n) is 6.61. The fourth-order valence-electron chi connectivity index (χ4n) is 3.18. The van der Waals surface area contributed by atoms with E-state index >= 15 is 0 Å². The Hall–Kier alpha value is -3.31. The van der Waals surface area contributed by atoms with Gasteiger partial charge in [0, 0.05) is 12.7 Å². The summed E-state index contributed by atoms with van der Waals surface area (Å²) in [7, 11) is 0. The number of rotatable bonds is 2. The van der Waals surface area contributed by atoms with Gasteiger partial charge < -0.3 is 19.8 Å². The minimum absolute atomic E-state index is 0.134. The number of anilines is 1. The number of nitrogen functional groups attached to an aromatic ring is 1. The highest BCUT2D eigenvalue weighted by Crippen LogP contribution is 2.23. The molecule has 1 aliphatic rings. The molecule has 4 rings (SSSR count). The highest BCUT2D eigenvalue weighted by Gasteiger charge is 2.28. The van der Waals surface area contributed by atoms with Crippen molar-refractivity contribution in [1.29, 1.82) is 0 Å². The molecule has 2 atom stereocenters. The van der Waals surface area contributed by atoms with Gasteiger partial charge in [0.25, 0.3) is 5.91 Å². The molecule has 2 unspecified atom stereocenters. The first kappa shape index (κ1) is 17.1. The molecule has 3 aromatic heterocycles. The van der Waals surface area contributed by atoms with Gasteiger partial charge in [-0.3, -0.25) is 4.79 Å². The quantitative estimate of drug-likeness (QED) is 0.695. The van der Waals surface area contributed by atoms with Gasteiger partial charge in [-0.05, 0) is 32.0 Å². The minimum atomic E-state index is -0.418. The van der Waals surface area contributed by atoms with Gasteiger partial charge in [-0.2, -0.15) is 0 Å². The maximum atomic E-state index is 12.9. The van der Waals surface area contributed by atoms with Crippen molar-refractivity contribution in [3.05, 3.63) is 35.7 Å². The van der Waals surface area contributed by atoms with Gasteiger partial charge >= 0.3 is 0 Å². The number of nitrogens with zero attached hydrogens (tertiary/aromatic N) is 4. The molecule has 1 amide bonds. The van der Waals surface area contributed by atoms with Crippen LogP contribution in [0.15, 0.2) is 28.8 Å². The van der Waals surface area contributed by atoms with E-state index in [1.54, 1.807) is 23.2 Å². The van der Waals surface area contributed by atoms with Gasteiger partial charge in [-0.1, -0.05) is 5.92 Å². The molecule has 8 nitrogen and oxygen atoms in total. The number of ether oxygens (including phenoxy) is 1. The molecular formula is C19H19N5O3. The van der Waals surface area contributed by atoms with Crippen LogP contribution in [-0.4, -0.2) is 50.7 Å². The Bertz CT molecular complexity index is 1060. The maximum absolute atomic E-state index is 12.9. The number of aromatic nitrogens is 3. The summed E-state index contributed by atoms with van der Waals surface area (Å²) in [5.74, 6) is 4.09. The SMILES string of the molecule is C#CC1CN(C(=O)c2cc(N)c3nc(-c4ccc(C)o4)nn3c2)CC(C)O1. The van der Waals surface area contributed by atoms with Gasteiger partial charge in [0.2, 0.25) is 5.82 Å². The lowest BCUT2D eigenvalue weighted by atomic mass is 10.1. The van der Waals surface area contributed by atoms with E-state index in [-0.39, 0.29) is 12.0 Å². The number of hydrogen-bond donors (Lipinski definition) is 1. The van der Waals surface area contributed by atoms with Crippen molar-refractivity contribution in [1.82, 2.24) is 19.5 Å². The third-order valence-corrected chi connectivity index (χ3v) is 4.40. The van der Waals surface area contributed by atoms with E-state index in [0.29, 0.717) is 41.6 Å². The number of aryl methyl sites for hydroxylation is 1. The zero-order valence-electron chi connectivity index (χ0n) is 15.0. The first-order valence-electron chi connectivity index (χ1n) is 8.58. The number of carbonyl (C=O) groups excluding carboxylic acids is 1. The predicted octanol–water partition coefficient (Wildman–Crippen LogP) is 1.74. The van der Waals surface area contributed by atoms with Crippen molar-refractivity contribution in [2.24, 2.45) is 0 Å². The summed E-state index contributed by atoms with van der Waals surface area (Å²) in [6, 6.07) is 5.23. The zero-order valence-corrected chi connectivity index (χ0v) is 15.0. The van der Waals surface area contributed by atoms with Gasteiger partial charge in [0.1, 0.15) is 11.9 Å². The molecule has 27 heavy (non-hydrogen) atoms. The lowest BCUT2D eigenvalue weighted by molar-refractivity contribution is -0.0420. The number of pyridine rings is 1. The second kappa shape index (κ2) is 6.45. The number of fused-ring (bicyclic) bond motifs is 1. The Kier molecular flexibility index (Phi) is 4.09. The Labute approximate surface area is 155 Å². The van der Waals surface area contributed by atoms with Gasteiger partial charge in [-0.25, -0.2) is 9.50 Å². The van der Waals surface area contributed by atoms with Crippen LogP contribution in [-0.2, 0) is 4.74 Å². The fourth-order valence-corrected chi connectivity index (χ4v) is 3.18. The summed E-state index contributed by atoms with van der Waals surface area (Å²) in [4.78, 5) is 19.0. The number of carbonyl (C=O) groups is 1. The van der Waals surface area contributed by atoms with Gasteiger partial charge in [0.15, 0.2) is 11.4 Å². The van der Waals surface area contributed by atoms with Crippen LogP contribution in [0.25, 0.3) is 17.2 Å². The number of furan rings is 1. The molecule has 0 spiro atoms. The van der Waals surface area contributed by atoms with Crippen molar-refractivity contribution < 1.29 is 13.9 Å². The summed E-state index contributed by atoms with van der Waals surface area (Å²) in [6.07, 6.45) is 6.53. The standard InChI is InChI=1S/C19H19N5O3/c1-4-14-10-23(8-12(3)26-14)19(25)13-7-15(20)18-21-17(22-24(18)9-13)16-6-5-11(2)27-16/h1,5-7,9,12,14H,8,10,20H2,2-3H3. The molecular weight excluding hydrogens is 346 g/mol. The Morgan fingerprint density at radius 3 is 2.93 bits per heavy atom. The molecule has 1 saturated heterocycles. The lowest BCUT2D eigenvalue weighted by Gasteiger charge is -2.34. The average molecular weight is 365 g/mol. The van der Waals surface area contributed by atoms with Crippen LogP contribution in [0.1, 0.15) is 23.0 Å². The van der Waals surface area contributed by atoms with Crippen molar-refractivity contribution in [3.63, 3.8) is 0 Å². The number of hydrogen-bond acceptors (Lipinski definition) is 6. The van der Waals surface area contributed by atoms with Crippen LogP contribution in [0, 0.1) is 19.3 Å². The molecule has 1 aliphatic heterocycles. The minimum Gasteiger partial charge on any atom is -0.458 e. The van der Waals surface area contributed by atoms with Crippen molar-refractivity contribution in [3.8, 4) is 23.9 Å². The highest BCUT2D eigenvalue weighted by molar-refractivity contribution is 5.96. The number of morpholine rings is 1. The van der Waals surface area contributed by atoms with Crippen LogP contribution >= 0.6 is 0 Å². The predicted molar refractivity (Wildman–Crippen MR) is 98.9 cm³/mol. The van der Waals surface area contributed by atoms with Crippen LogP contribution in [0.5, 0.6) is 0 Å². The van der Waals surface area contributed by atoms with Gasteiger partial charge in [-0.15, -0.1) is 11.5 Å². The van der Waals surface area contributed by atoms with Crippen molar-refractivity contribution >= 4 is 17.2 Å². The third-order valence-electron chi connectivity index (χ3n) is 4.40. The van der Waals surface area contributed by atoms with E-state index in [9.17, 15) is 4.79 Å². The second-order valence-corrected chi connectivity index (χ2v) is 6.61. The van der Waals surface area contributed by atoms with E-state index in [4.69, 9.17) is 21.3 Å². The van der Waals surface area contributed by atoms with Crippen LogP contribution in [0.2, 0.25) is 0 Å².